The standard InChI is InChI=1S/C75H95N15O21S2/c1-8-47-39(2)50-35-55-60(43(6)91)41(4)52(82-55)33-51-40(3)48(64(84-51)62-63(73(102)104-7)67(95)61-42(5)53(85-65(61)62)34-54(47)81-50)13-15-59(94)89-90-75(103)111-31-32-112-113-38-56(72(100)101)83-58(93)17-19-105-21-23-107-25-27-109-29-30-110-28-26-108-24-22-106-20-18-77-57(92)16-14-49(71(98)99)86-69(96)44-9-11-45(12-10-44)78-36-46-37-79-68-66(80-46)70(97)88-74(76)87-68/h9-12,33-35,37,39-40,47-49,56,63,78,82,85H,8,13-32,36,38H2,1-7H3,(H,77,92)(H,83,93)(H,86,96)(H,89,94)(H,90,103)(H,98,99)(H,100,101)(H3,76,79,87,88,97)/t39-,40+,47-,48+,49+,56+,63?/m1/s1. The molecule has 2 aliphatic heterocycles. The predicted molar refractivity (Wildman–Crippen MR) is 415 cm³/mol. The number of Topliss-reactive ketones (excluding diaryl/α,β-unsaturated/α-hetero) is 2. The Morgan fingerprint density at radius 2 is 1.27 bits per heavy atom. The lowest BCUT2D eigenvalue weighted by Gasteiger charge is -2.19. The molecule has 7 atom stereocenters. The number of carboxylic acids is 2. The van der Waals surface area contributed by atoms with Gasteiger partial charge in [0, 0.05) is 117 Å². The van der Waals surface area contributed by atoms with E-state index in [1.165, 1.54) is 43.2 Å². The minimum atomic E-state index is -1.34. The van der Waals surface area contributed by atoms with Crippen LogP contribution in [0.2, 0.25) is 0 Å². The topological polar surface area (TPSA) is 512 Å². The predicted octanol–water partition coefficient (Wildman–Crippen LogP) is 5.75. The second kappa shape index (κ2) is 42.4. The summed E-state index contributed by atoms with van der Waals surface area (Å²) in [5, 5.41) is 30.2. The van der Waals surface area contributed by atoms with Crippen LogP contribution in [-0.2, 0) is 73.2 Å². The molecule has 7 heterocycles. The van der Waals surface area contributed by atoms with Crippen molar-refractivity contribution < 1.29 is 96.1 Å². The van der Waals surface area contributed by atoms with Gasteiger partial charge in [0.15, 0.2) is 22.7 Å². The van der Waals surface area contributed by atoms with E-state index in [9.17, 15) is 63.0 Å². The number of carbonyl (C=O) groups excluding carboxylic acids is 8. The summed E-state index contributed by atoms with van der Waals surface area (Å²) in [6, 6.07) is 9.43. The number of benzene rings is 1. The van der Waals surface area contributed by atoms with Gasteiger partial charge in [0.2, 0.25) is 23.7 Å². The molecular formula is C75H95N15O21S2. The van der Waals surface area contributed by atoms with E-state index in [-0.39, 0.29) is 156 Å². The van der Waals surface area contributed by atoms with Gasteiger partial charge in [-0.2, -0.15) is 4.98 Å². The van der Waals surface area contributed by atoms with Crippen molar-refractivity contribution in [2.24, 2.45) is 0 Å². The van der Waals surface area contributed by atoms with Gasteiger partial charge in [0.1, 0.15) is 24.6 Å². The van der Waals surface area contributed by atoms with E-state index in [0.717, 1.165) is 28.6 Å². The maximum absolute atomic E-state index is 14.5. The lowest BCUT2D eigenvalue weighted by Crippen LogP contribution is -2.42. The number of nitrogens with zero attached hydrogens (tertiary/aromatic N) is 5. The number of aryl methyl sites for hydroxylation is 2. The summed E-state index contributed by atoms with van der Waals surface area (Å²) >= 11 is 0. The third-order valence-corrected chi connectivity index (χ3v) is 21.4. The number of nitrogen functional groups attached to an aromatic ring is 1. The number of esters is 1. The number of aromatic nitrogens is 8. The number of anilines is 2. The van der Waals surface area contributed by atoms with Crippen LogP contribution in [0.15, 0.2) is 53.5 Å². The van der Waals surface area contributed by atoms with E-state index in [4.69, 9.17) is 53.6 Å². The van der Waals surface area contributed by atoms with Gasteiger partial charge < -0.3 is 85.1 Å². The number of rotatable bonds is 44. The Labute approximate surface area is 656 Å². The van der Waals surface area contributed by atoms with E-state index in [2.05, 4.69) is 75.9 Å². The highest BCUT2D eigenvalue weighted by Gasteiger charge is 2.46. The van der Waals surface area contributed by atoms with Crippen molar-refractivity contribution in [1.29, 1.82) is 0 Å². The molecule has 5 amide bonds. The van der Waals surface area contributed by atoms with Crippen LogP contribution in [0, 0.1) is 13.8 Å². The minimum Gasteiger partial charge on any atom is -0.480 e. The van der Waals surface area contributed by atoms with Gasteiger partial charge in [-0.25, -0.2) is 29.8 Å². The smallest absolute Gasteiger partial charge is 0.426 e. The molecule has 3 aliphatic rings. The zero-order valence-electron chi connectivity index (χ0n) is 63.7. The largest absolute Gasteiger partial charge is 0.480 e. The number of aliphatic carboxylic acids is 2. The second-order valence-electron chi connectivity index (χ2n) is 26.7. The Balaban J connectivity index is 0.567. The molecule has 1 unspecified atom stereocenters. The molecule has 8 bridgehead atoms. The van der Waals surface area contributed by atoms with Gasteiger partial charge >= 0.3 is 24.0 Å². The van der Waals surface area contributed by atoms with Gasteiger partial charge in [-0.1, -0.05) is 42.4 Å². The molecule has 0 saturated heterocycles. The number of methoxy groups -OCH3 is 1. The summed E-state index contributed by atoms with van der Waals surface area (Å²) in [7, 11) is 3.58. The van der Waals surface area contributed by atoms with E-state index in [1.807, 2.05) is 39.0 Å². The number of ether oxygens (including phenoxy) is 8. The van der Waals surface area contributed by atoms with Crippen LogP contribution in [0.4, 0.5) is 16.4 Å². The molecule has 0 saturated carbocycles. The number of nitrogens with one attached hydrogen (secondary N) is 9. The molecule has 1 aliphatic carbocycles. The second-order valence-corrected chi connectivity index (χ2v) is 29.3. The lowest BCUT2D eigenvalue weighted by atomic mass is 9.84. The fourth-order valence-electron chi connectivity index (χ4n) is 13.1. The number of aromatic amines is 3. The van der Waals surface area contributed by atoms with Gasteiger partial charge in [-0.3, -0.25) is 58.7 Å². The Kier molecular flexibility index (Phi) is 32.5. The fraction of sp³-hybridized carbons (Fsp3) is 0.493. The highest BCUT2D eigenvalue weighted by atomic mass is 33.1. The number of H-pyrrole nitrogens is 3. The number of hydrazine groups is 1. The summed E-state index contributed by atoms with van der Waals surface area (Å²) < 4.78 is 43.4. The minimum absolute atomic E-state index is 0.000709. The molecule has 38 heteroatoms. The molecule has 0 radical (unpaired) electrons. The third kappa shape index (κ3) is 23.8. The molecule has 13 N–H and O–H groups in total. The molecule has 36 nitrogen and oxygen atoms in total. The van der Waals surface area contributed by atoms with Gasteiger partial charge in [-0.15, -0.1) is 0 Å². The molecular weight excluding hydrogens is 1510 g/mol. The first-order valence-corrected chi connectivity index (χ1v) is 39.4. The van der Waals surface area contributed by atoms with Crippen molar-refractivity contribution in [3.05, 3.63) is 121 Å². The quantitative estimate of drug-likeness (QED) is 0.00541. The summed E-state index contributed by atoms with van der Waals surface area (Å²) in [4.78, 5) is 173. The van der Waals surface area contributed by atoms with Crippen molar-refractivity contribution in [3.63, 3.8) is 0 Å². The van der Waals surface area contributed by atoms with Crippen molar-refractivity contribution in [1.82, 2.24) is 66.7 Å². The van der Waals surface area contributed by atoms with Gasteiger partial charge in [0.25, 0.3) is 11.5 Å². The number of carbonyl (C=O) groups is 10. The Bertz CT molecular complexity index is 4670. The van der Waals surface area contributed by atoms with E-state index in [1.54, 1.807) is 12.1 Å². The number of fused-ring (bicyclic) bond motifs is 9. The van der Waals surface area contributed by atoms with Crippen LogP contribution in [0.25, 0.3) is 33.2 Å². The van der Waals surface area contributed by atoms with E-state index in [0.29, 0.717) is 106 Å². The molecule has 0 spiro atoms. The van der Waals surface area contributed by atoms with E-state index < -0.39 is 82.9 Å². The molecule has 113 heavy (non-hydrogen) atoms. The summed E-state index contributed by atoms with van der Waals surface area (Å²) in [5.41, 5.74) is 18.6. The van der Waals surface area contributed by atoms with Crippen molar-refractivity contribution in [2.75, 3.05) is 122 Å². The van der Waals surface area contributed by atoms with Crippen molar-refractivity contribution in [3.8, 4) is 0 Å². The Hall–Kier alpha value is -10.5. The number of hydrogen-bond donors (Lipinski definition) is 12. The molecule has 9 rings (SSSR count). The average Bonchev–Trinajstić information content (AvgIpc) is 1.59. The molecule has 0 fully saturated rings. The molecule has 6 aromatic rings. The van der Waals surface area contributed by atoms with Gasteiger partial charge in [-0.05, 0) is 93.6 Å². The highest BCUT2D eigenvalue weighted by molar-refractivity contribution is 8.76. The van der Waals surface area contributed by atoms with E-state index >= 15 is 0 Å². The third-order valence-electron chi connectivity index (χ3n) is 19.0. The Morgan fingerprint density at radius 1 is 0.646 bits per heavy atom. The summed E-state index contributed by atoms with van der Waals surface area (Å²) in [5.74, 6) is -8.05. The van der Waals surface area contributed by atoms with Crippen molar-refractivity contribution >= 4 is 126 Å². The van der Waals surface area contributed by atoms with Crippen LogP contribution in [0.3, 0.4) is 0 Å². The molecule has 5 aromatic heterocycles. The number of ketones is 2. The molecule has 608 valence electrons. The Morgan fingerprint density at radius 3 is 1.91 bits per heavy atom. The number of nitrogens with two attached hydrogens (primary N) is 1. The zero-order chi connectivity index (χ0) is 81.3. The normalized spacial score (nSPS) is 16.1. The van der Waals surface area contributed by atoms with Crippen LogP contribution >= 0.6 is 21.6 Å². The first-order chi connectivity index (χ1) is 54.3. The van der Waals surface area contributed by atoms with Crippen LogP contribution in [-0.4, -0.2) is 232 Å². The fourth-order valence-corrected chi connectivity index (χ4v) is 15.1. The van der Waals surface area contributed by atoms with Gasteiger partial charge in [0.05, 0.1) is 122 Å². The number of carboxylic acid groups (broad SMARTS) is 2. The lowest BCUT2D eigenvalue weighted by molar-refractivity contribution is -0.141. The summed E-state index contributed by atoms with van der Waals surface area (Å²) in [6.07, 6.45) is 0.911. The SMILES string of the molecule is CC[C@H]1c2cc3[nH]c4c(c3C)C(=O)C(C(=O)OC)c4c3nc(cc4[nH]c(cc(n2)[C@@H]1C)c(C(C)=O)c4C)[C@@H](C)[C@@H]3CCC(=O)NNC(=O)OCCSSC[C@H](NC(=O)CCOCCOCCOCCOCCOCCOCCNC(=O)CC[C@H](NC(=O)c1ccc(NCc2cnc3nc(N)[nH]c(=O)c3n2)cc1)C(=O)O)C(=O)O. The highest BCUT2D eigenvalue weighted by Crippen LogP contribution is 2.48. The maximum atomic E-state index is 14.5. The zero-order valence-corrected chi connectivity index (χ0v) is 65.3. The average molecular weight is 1610 g/mol. The van der Waals surface area contributed by atoms with Crippen LogP contribution in [0.5, 0.6) is 0 Å². The molecule has 1 aromatic carbocycles. The van der Waals surface area contributed by atoms with Crippen LogP contribution in [0.1, 0.15) is 172 Å². The number of amides is 5. The first-order valence-electron chi connectivity index (χ1n) is 36.9. The first kappa shape index (κ1) is 86.5. The summed E-state index contributed by atoms with van der Waals surface area (Å²) in [6.45, 7) is 14.6. The number of hydrogen-bond acceptors (Lipinski definition) is 28. The van der Waals surface area contributed by atoms with Crippen molar-refractivity contribution in [2.45, 2.75) is 128 Å². The monoisotopic (exact) mass is 1610 g/mol. The maximum Gasteiger partial charge on any atom is 0.426 e. The van der Waals surface area contributed by atoms with Crippen LogP contribution < -0.4 is 43.4 Å².